The molecule has 0 radical (unpaired) electrons. The number of alkyl halides is 1. The lowest BCUT2D eigenvalue weighted by Gasteiger charge is -2.44. The van der Waals surface area contributed by atoms with Crippen molar-refractivity contribution in [3.8, 4) is 6.07 Å². The van der Waals surface area contributed by atoms with E-state index in [1.807, 2.05) is 12.1 Å². The highest BCUT2D eigenvalue weighted by molar-refractivity contribution is 9.08. The van der Waals surface area contributed by atoms with Crippen LogP contribution in [0.5, 0.6) is 0 Å². The molecule has 0 aromatic heterocycles. The topological polar surface area (TPSA) is 36.3 Å². The van der Waals surface area contributed by atoms with E-state index in [2.05, 4.69) is 46.8 Å². The van der Waals surface area contributed by atoms with Crippen LogP contribution in [0.4, 0.5) is 5.69 Å². The molecular formula is C14H17BrN2O. The number of nitriles is 1. The third kappa shape index (κ3) is 2.52. The summed E-state index contributed by atoms with van der Waals surface area (Å²) in [5.74, 6) is 0. The highest BCUT2D eigenvalue weighted by atomic mass is 79.9. The second kappa shape index (κ2) is 5.29. The van der Waals surface area contributed by atoms with E-state index in [4.69, 9.17) is 4.74 Å². The van der Waals surface area contributed by atoms with Crippen LogP contribution in [0.25, 0.3) is 0 Å². The van der Waals surface area contributed by atoms with Gasteiger partial charge in [-0.25, -0.2) is 0 Å². The fraction of sp³-hybridized carbons (Fsp3) is 0.500. The second-order valence-corrected chi connectivity index (χ2v) is 5.67. The first-order chi connectivity index (χ1) is 8.58. The number of hydrogen-bond acceptors (Lipinski definition) is 3. The van der Waals surface area contributed by atoms with Gasteiger partial charge in [-0.3, -0.25) is 0 Å². The Morgan fingerprint density at radius 2 is 2.28 bits per heavy atom. The number of halogens is 1. The third-order valence-corrected chi connectivity index (χ3v) is 3.92. The Hall–Kier alpha value is -1.05. The minimum atomic E-state index is -0.0697. The Bertz CT molecular complexity index is 479. The van der Waals surface area contributed by atoms with Gasteiger partial charge in [0.15, 0.2) is 0 Å². The molecule has 0 saturated carbocycles. The summed E-state index contributed by atoms with van der Waals surface area (Å²) in [6.45, 7) is 6.53. The Labute approximate surface area is 116 Å². The van der Waals surface area contributed by atoms with Crippen molar-refractivity contribution in [3.63, 3.8) is 0 Å². The lowest BCUT2D eigenvalue weighted by molar-refractivity contribution is 0.0644. The number of morpholine rings is 1. The zero-order valence-electron chi connectivity index (χ0n) is 10.7. The van der Waals surface area contributed by atoms with Crippen LogP contribution < -0.4 is 4.90 Å². The number of anilines is 1. The Morgan fingerprint density at radius 1 is 1.50 bits per heavy atom. The predicted molar refractivity (Wildman–Crippen MR) is 76.0 cm³/mol. The molecule has 0 aliphatic carbocycles. The maximum atomic E-state index is 9.32. The molecule has 0 bridgehead atoms. The molecule has 0 spiro atoms. The molecule has 1 aromatic carbocycles. The van der Waals surface area contributed by atoms with Crippen molar-refractivity contribution in [1.82, 2.24) is 0 Å². The molecule has 18 heavy (non-hydrogen) atoms. The van der Waals surface area contributed by atoms with Crippen molar-refractivity contribution in [3.05, 3.63) is 29.3 Å². The largest absolute Gasteiger partial charge is 0.377 e. The van der Waals surface area contributed by atoms with Crippen LogP contribution in [0.3, 0.4) is 0 Å². The first-order valence-corrected chi connectivity index (χ1v) is 7.15. The van der Waals surface area contributed by atoms with Gasteiger partial charge < -0.3 is 9.64 Å². The molecule has 1 aliphatic rings. The van der Waals surface area contributed by atoms with Gasteiger partial charge in [0.1, 0.15) is 6.07 Å². The van der Waals surface area contributed by atoms with E-state index in [1.54, 1.807) is 0 Å². The smallest absolute Gasteiger partial charge is 0.101 e. The van der Waals surface area contributed by atoms with Gasteiger partial charge >= 0.3 is 0 Å². The van der Waals surface area contributed by atoms with Gasteiger partial charge in [-0.1, -0.05) is 22.0 Å². The second-order valence-electron chi connectivity index (χ2n) is 5.11. The highest BCUT2D eigenvalue weighted by Gasteiger charge is 2.31. The SMILES string of the molecule is CC1(C)COCCN1c1ccc(CBr)cc1C#N. The van der Waals surface area contributed by atoms with Crippen molar-refractivity contribution >= 4 is 21.6 Å². The van der Waals surface area contributed by atoms with Gasteiger partial charge in [-0.2, -0.15) is 5.26 Å². The molecule has 1 saturated heterocycles. The quantitative estimate of drug-likeness (QED) is 0.788. The summed E-state index contributed by atoms with van der Waals surface area (Å²) in [6, 6.07) is 8.37. The van der Waals surface area contributed by atoms with E-state index < -0.39 is 0 Å². The van der Waals surface area contributed by atoms with E-state index in [1.165, 1.54) is 0 Å². The summed E-state index contributed by atoms with van der Waals surface area (Å²) >= 11 is 3.42. The summed E-state index contributed by atoms with van der Waals surface area (Å²) in [4.78, 5) is 2.27. The summed E-state index contributed by atoms with van der Waals surface area (Å²) in [6.07, 6.45) is 0. The Kier molecular flexibility index (Phi) is 3.94. The molecule has 96 valence electrons. The van der Waals surface area contributed by atoms with E-state index in [0.717, 1.165) is 28.7 Å². The zero-order valence-corrected chi connectivity index (χ0v) is 12.3. The molecule has 0 N–H and O–H groups in total. The van der Waals surface area contributed by atoms with Gasteiger partial charge in [-0.05, 0) is 31.5 Å². The van der Waals surface area contributed by atoms with Gasteiger partial charge in [0.25, 0.3) is 0 Å². The Morgan fingerprint density at radius 3 is 2.89 bits per heavy atom. The first kappa shape index (κ1) is 13.4. The van der Waals surface area contributed by atoms with Crippen molar-refractivity contribution in [2.75, 3.05) is 24.7 Å². The number of ether oxygens (including phenoxy) is 1. The van der Waals surface area contributed by atoms with E-state index in [9.17, 15) is 5.26 Å². The molecule has 0 atom stereocenters. The zero-order chi connectivity index (χ0) is 13.2. The standard InChI is InChI=1S/C14H17BrN2O/c1-14(2)10-18-6-5-17(14)13-4-3-11(8-15)7-12(13)9-16/h3-4,7H,5-6,8,10H2,1-2H3. The fourth-order valence-electron chi connectivity index (χ4n) is 2.30. The molecule has 1 aromatic rings. The van der Waals surface area contributed by atoms with Crippen LogP contribution in [-0.4, -0.2) is 25.3 Å². The number of nitrogens with zero attached hydrogens (tertiary/aromatic N) is 2. The van der Waals surface area contributed by atoms with Gasteiger partial charge in [0.05, 0.1) is 30.0 Å². The lowest BCUT2D eigenvalue weighted by Crippen LogP contribution is -2.53. The first-order valence-electron chi connectivity index (χ1n) is 6.03. The van der Waals surface area contributed by atoms with E-state index >= 15 is 0 Å². The van der Waals surface area contributed by atoms with E-state index in [-0.39, 0.29) is 5.54 Å². The summed E-state index contributed by atoms with van der Waals surface area (Å²) < 4.78 is 5.52. The van der Waals surface area contributed by atoms with Crippen molar-refractivity contribution in [2.45, 2.75) is 24.7 Å². The highest BCUT2D eigenvalue weighted by Crippen LogP contribution is 2.30. The molecule has 2 rings (SSSR count). The number of benzene rings is 1. The minimum Gasteiger partial charge on any atom is -0.377 e. The van der Waals surface area contributed by atoms with Crippen LogP contribution >= 0.6 is 15.9 Å². The lowest BCUT2D eigenvalue weighted by atomic mass is 9.99. The van der Waals surface area contributed by atoms with Gasteiger partial charge in [0, 0.05) is 11.9 Å². The van der Waals surface area contributed by atoms with Crippen LogP contribution in [0.15, 0.2) is 18.2 Å². The normalized spacial score (nSPS) is 18.4. The van der Waals surface area contributed by atoms with Crippen molar-refractivity contribution in [1.29, 1.82) is 5.26 Å². The number of rotatable bonds is 2. The molecule has 1 heterocycles. The molecule has 3 nitrogen and oxygen atoms in total. The van der Waals surface area contributed by atoms with Crippen LogP contribution in [0, 0.1) is 11.3 Å². The van der Waals surface area contributed by atoms with E-state index in [0.29, 0.717) is 13.2 Å². The summed E-state index contributed by atoms with van der Waals surface area (Å²) in [5.41, 5.74) is 2.80. The van der Waals surface area contributed by atoms with Gasteiger partial charge in [0.2, 0.25) is 0 Å². The van der Waals surface area contributed by atoms with Crippen LogP contribution in [-0.2, 0) is 10.1 Å². The third-order valence-electron chi connectivity index (χ3n) is 3.27. The number of hydrogen-bond donors (Lipinski definition) is 0. The molecule has 0 unspecified atom stereocenters. The predicted octanol–water partition coefficient (Wildman–Crippen LogP) is 3.07. The van der Waals surface area contributed by atoms with Crippen LogP contribution in [0.2, 0.25) is 0 Å². The minimum absolute atomic E-state index is 0.0697. The molecule has 4 heteroatoms. The average molecular weight is 309 g/mol. The summed E-state index contributed by atoms with van der Waals surface area (Å²) in [5, 5.41) is 10.1. The molecule has 1 fully saturated rings. The van der Waals surface area contributed by atoms with Crippen LogP contribution in [0.1, 0.15) is 25.0 Å². The fourth-order valence-corrected chi connectivity index (χ4v) is 2.64. The molecule has 1 aliphatic heterocycles. The van der Waals surface area contributed by atoms with Crippen molar-refractivity contribution in [2.24, 2.45) is 0 Å². The molecular weight excluding hydrogens is 292 g/mol. The maximum absolute atomic E-state index is 9.32. The Balaban J connectivity index is 2.41. The monoisotopic (exact) mass is 308 g/mol. The molecule has 0 amide bonds. The van der Waals surface area contributed by atoms with Crippen molar-refractivity contribution < 1.29 is 4.74 Å². The summed E-state index contributed by atoms with van der Waals surface area (Å²) in [7, 11) is 0. The van der Waals surface area contributed by atoms with Gasteiger partial charge in [-0.15, -0.1) is 0 Å². The average Bonchev–Trinajstić information content (AvgIpc) is 2.37. The maximum Gasteiger partial charge on any atom is 0.101 e.